The standard InChI is InChI=1S/C14H19N5O2/c1-9-2-4-12(20)11(18-9)7-15-6-10-3-5-13(21-10)14-16-8-17-19-14/h2,4,8,10,13,15,20H,3,5-7H2,1H3,(H,16,17,19)/t10-,13+/m1/s1. The molecule has 0 aliphatic carbocycles. The minimum atomic E-state index is 0.00444. The molecule has 0 amide bonds. The molecule has 3 N–H and O–H groups in total. The summed E-state index contributed by atoms with van der Waals surface area (Å²) in [5, 5.41) is 19.7. The van der Waals surface area contributed by atoms with Gasteiger partial charge in [-0.15, -0.1) is 0 Å². The first kappa shape index (κ1) is 14.0. The fraction of sp³-hybridized carbons (Fsp3) is 0.500. The molecule has 1 aliphatic rings. The molecule has 2 aromatic rings. The molecule has 0 saturated carbocycles. The highest BCUT2D eigenvalue weighted by Crippen LogP contribution is 2.30. The van der Waals surface area contributed by atoms with Gasteiger partial charge in [0.25, 0.3) is 0 Å². The molecule has 7 nitrogen and oxygen atoms in total. The van der Waals surface area contributed by atoms with Gasteiger partial charge in [-0.2, -0.15) is 5.10 Å². The molecule has 3 rings (SSSR count). The first-order valence-corrected chi connectivity index (χ1v) is 7.09. The normalized spacial score (nSPS) is 21.8. The van der Waals surface area contributed by atoms with Gasteiger partial charge in [-0.1, -0.05) is 0 Å². The van der Waals surface area contributed by atoms with E-state index in [4.69, 9.17) is 4.74 Å². The van der Waals surface area contributed by atoms with Crippen LogP contribution in [0.25, 0.3) is 0 Å². The fourth-order valence-electron chi connectivity index (χ4n) is 2.51. The highest BCUT2D eigenvalue weighted by Gasteiger charge is 2.28. The fourth-order valence-corrected chi connectivity index (χ4v) is 2.51. The van der Waals surface area contributed by atoms with Gasteiger partial charge in [0, 0.05) is 18.8 Å². The third kappa shape index (κ3) is 3.37. The number of nitrogens with one attached hydrogen (secondary N) is 2. The van der Waals surface area contributed by atoms with Gasteiger partial charge in [0.2, 0.25) is 0 Å². The summed E-state index contributed by atoms with van der Waals surface area (Å²) in [6, 6.07) is 3.46. The van der Waals surface area contributed by atoms with Gasteiger partial charge in [-0.05, 0) is 31.9 Å². The minimum Gasteiger partial charge on any atom is -0.506 e. The van der Waals surface area contributed by atoms with E-state index in [-0.39, 0.29) is 18.0 Å². The maximum absolute atomic E-state index is 9.74. The summed E-state index contributed by atoms with van der Waals surface area (Å²) >= 11 is 0. The van der Waals surface area contributed by atoms with Crippen LogP contribution in [0.1, 0.15) is 36.2 Å². The Morgan fingerprint density at radius 3 is 3.14 bits per heavy atom. The Labute approximate surface area is 122 Å². The van der Waals surface area contributed by atoms with Crippen LogP contribution in [0.3, 0.4) is 0 Å². The van der Waals surface area contributed by atoms with Crippen LogP contribution in [-0.2, 0) is 11.3 Å². The van der Waals surface area contributed by atoms with E-state index >= 15 is 0 Å². The lowest BCUT2D eigenvalue weighted by Gasteiger charge is -2.13. The first-order valence-electron chi connectivity index (χ1n) is 7.09. The molecule has 1 saturated heterocycles. The molecule has 2 atom stereocenters. The number of H-pyrrole nitrogens is 1. The van der Waals surface area contributed by atoms with E-state index < -0.39 is 0 Å². The monoisotopic (exact) mass is 289 g/mol. The predicted octanol–water partition coefficient (Wildman–Crippen LogP) is 1.22. The number of hydrogen-bond donors (Lipinski definition) is 3. The summed E-state index contributed by atoms with van der Waals surface area (Å²) < 4.78 is 5.92. The number of aromatic hydroxyl groups is 1. The van der Waals surface area contributed by atoms with E-state index in [2.05, 4.69) is 25.5 Å². The van der Waals surface area contributed by atoms with Crippen molar-refractivity contribution in [2.24, 2.45) is 0 Å². The number of rotatable bonds is 5. The van der Waals surface area contributed by atoms with Crippen molar-refractivity contribution in [3.8, 4) is 5.75 Å². The number of ether oxygens (including phenoxy) is 1. The van der Waals surface area contributed by atoms with Gasteiger partial charge in [-0.3, -0.25) is 10.1 Å². The zero-order chi connectivity index (χ0) is 14.7. The van der Waals surface area contributed by atoms with E-state index in [1.54, 1.807) is 12.1 Å². The van der Waals surface area contributed by atoms with E-state index in [1.165, 1.54) is 6.33 Å². The van der Waals surface area contributed by atoms with Crippen LogP contribution in [0.2, 0.25) is 0 Å². The van der Waals surface area contributed by atoms with Gasteiger partial charge in [0.15, 0.2) is 5.82 Å². The van der Waals surface area contributed by atoms with Crippen LogP contribution in [0.4, 0.5) is 0 Å². The summed E-state index contributed by atoms with van der Waals surface area (Å²) in [7, 11) is 0. The van der Waals surface area contributed by atoms with Crippen LogP contribution >= 0.6 is 0 Å². The molecule has 0 aromatic carbocycles. The molecule has 2 aromatic heterocycles. The van der Waals surface area contributed by atoms with Gasteiger partial charge < -0.3 is 15.2 Å². The van der Waals surface area contributed by atoms with Gasteiger partial charge >= 0.3 is 0 Å². The number of aromatic amines is 1. The Balaban J connectivity index is 1.47. The molecule has 1 aliphatic heterocycles. The molecular formula is C14H19N5O2. The quantitative estimate of drug-likeness (QED) is 0.766. The van der Waals surface area contributed by atoms with Crippen molar-refractivity contribution in [3.63, 3.8) is 0 Å². The number of aryl methyl sites for hydroxylation is 1. The highest BCUT2D eigenvalue weighted by molar-refractivity contribution is 5.27. The first-order chi connectivity index (χ1) is 10.2. The Morgan fingerprint density at radius 2 is 2.33 bits per heavy atom. The maximum atomic E-state index is 9.74. The third-order valence-electron chi connectivity index (χ3n) is 3.60. The second-order valence-electron chi connectivity index (χ2n) is 5.24. The molecule has 0 unspecified atom stereocenters. The van der Waals surface area contributed by atoms with E-state index in [0.29, 0.717) is 12.2 Å². The molecule has 1 fully saturated rings. The van der Waals surface area contributed by atoms with Gasteiger partial charge in [-0.25, -0.2) is 4.98 Å². The van der Waals surface area contributed by atoms with Crippen molar-refractivity contribution >= 4 is 0 Å². The molecule has 112 valence electrons. The predicted molar refractivity (Wildman–Crippen MR) is 75.6 cm³/mol. The Morgan fingerprint density at radius 1 is 1.43 bits per heavy atom. The van der Waals surface area contributed by atoms with Crippen molar-refractivity contribution in [2.45, 2.75) is 38.5 Å². The van der Waals surface area contributed by atoms with Crippen LogP contribution in [0.15, 0.2) is 18.5 Å². The van der Waals surface area contributed by atoms with Gasteiger partial charge in [0.1, 0.15) is 18.2 Å². The van der Waals surface area contributed by atoms with Crippen molar-refractivity contribution in [1.29, 1.82) is 0 Å². The minimum absolute atomic E-state index is 0.00444. The second kappa shape index (κ2) is 6.19. The number of nitrogens with zero attached hydrogens (tertiary/aromatic N) is 3. The van der Waals surface area contributed by atoms with Crippen LogP contribution < -0.4 is 5.32 Å². The molecule has 7 heteroatoms. The SMILES string of the molecule is Cc1ccc(O)c(CNC[C@H]2CC[C@@H](c3ncn[nH]3)O2)n1. The van der Waals surface area contributed by atoms with Crippen LogP contribution in [0.5, 0.6) is 5.75 Å². The lowest BCUT2D eigenvalue weighted by atomic mass is 10.2. The lowest BCUT2D eigenvalue weighted by Crippen LogP contribution is -2.26. The summed E-state index contributed by atoms with van der Waals surface area (Å²) in [6.45, 7) is 3.16. The maximum Gasteiger partial charge on any atom is 0.153 e. The van der Waals surface area contributed by atoms with Crippen LogP contribution in [-0.4, -0.2) is 37.9 Å². The zero-order valence-corrected chi connectivity index (χ0v) is 11.9. The van der Waals surface area contributed by atoms with Crippen molar-refractivity contribution in [2.75, 3.05) is 6.54 Å². The van der Waals surface area contributed by atoms with E-state index in [1.807, 2.05) is 6.92 Å². The number of pyridine rings is 1. The van der Waals surface area contributed by atoms with E-state index in [9.17, 15) is 5.11 Å². The Hall–Kier alpha value is -1.99. The summed E-state index contributed by atoms with van der Waals surface area (Å²) in [6.07, 6.45) is 3.56. The molecule has 3 heterocycles. The topological polar surface area (TPSA) is 96.0 Å². The smallest absolute Gasteiger partial charge is 0.153 e. The van der Waals surface area contributed by atoms with Gasteiger partial charge in [0.05, 0.1) is 11.8 Å². The molecular weight excluding hydrogens is 270 g/mol. The second-order valence-corrected chi connectivity index (χ2v) is 5.24. The largest absolute Gasteiger partial charge is 0.506 e. The lowest BCUT2D eigenvalue weighted by molar-refractivity contribution is 0.0400. The van der Waals surface area contributed by atoms with Crippen molar-refractivity contribution in [3.05, 3.63) is 35.7 Å². The number of aromatic nitrogens is 4. The summed E-state index contributed by atoms with van der Waals surface area (Å²) in [5.41, 5.74) is 1.56. The number of hydrogen-bond acceptors (Lipinski definition) is 6. The molecule has 0 spiro atoms. The summed E-state index contributed by atoms with van der Waals surface area (Å²) in [5.74, 6) is 1.01. The van der Waals surface area contributed by atoms with E-state index in [0.717, 1.165) is 30.9 Å². The average Bonchev–Trinajstić information content (AvgIpc) is 3.13. The average molecular weight is 289 g/mol. The Bertz CT molecular complexity index is 587. The van der Waals surface area contributed by atoms with Crippen molar-refractivity contribution < 1.29 is 9.84 Å². The summed E-state index contributed by atoms with van der Waals surface area (Å²) in [4.78, 5) is 8.44. The Kier molecular flexibility index (Phi) is 4.12. The molecule has 0 radical (unpaired) electrons. The highest BCUT2D eigenvalue weighted by atomic mass is 16.5. The van der Waals surface area contributed by atoms with Crippen molar-refractivity contribution in [1.82, 2.24) is 25.5 Å². The molecule has 21 heavy (non-hydrogen) atoms. The van der Waals surface area contributed by atoms with Crippen LogP contribution in [0, 0.1) is 6.92 Å². The molecule has 0 bridgehead atoms. The zero-order valence-electron chi connectivity index (χ0n) is 11.9. The third-order valence-corrected chi connectivity index (χ3v) is 3.60.